The number of hydrogen-bond acceptors (Lipinski definition) is 4. The zero-order chi connectivity index (χ0) is 15.8. The van der Waals surface area contributed by atoms with Crippen molar-refractivity contribution >= 4 is 11.7 Å². The molecule has 0 saturated carbocycles. The molecule has 0 atom stereocenters. The molecule has 0 fully saturated rings. The second-order valence-corrected chi connectivity index (χ2v) is 4.88. The summed E-state index contributed by atoms with van der Waals surface area (Å²) in [6, 6.07) is 15.4. The SMILES string of the molecule is O=C(OCCCCc1ccc([N+](=O)[O-])cc1)c1ccccc1. The Morgan fingerprint density at radius 1 is 1.00 bits per heavy atom. The minimum absolute atomic E-state index is 0.0977. The van der Waals surface area contributed by atoms with Crippen LogP contribution in [0.5, 0.6) is 0 Å². The molecule has 0 radical (unpaired) electrons. The fourth-order valence-electron chi connectivity index (χ4n) is 2.04. The van der Waals surface area contributed by atoms with Gasteiger partial charge < -0.3 is 4.74 Å². The van der Waals surface area contributed by atoms with Crippen molar-refractivity contribution in [3.8, 4) is 0 Å². The number of nitro groups is 1. The Balaban J connectivity index is 1.67. The van der Waals surface area contributed by atoms with Gasteiger partial charge in [-0.15, -0.1) is 0 Å². The van der Waals surface area contributed by atoms with Crippen molar-refractivity contribution < 1.29 is 14.5 Å². The van der Waals surface area contributed by atoms with E-state index in [0.717, 1.165) is 24.8 Å². The van der Waals surface area contributed by atoms with Crippen molar-refractivity contribution in [3.63, 3.8) is 0 Å². The summed E-state index contributed by atoms with van der Waals surface area (Å²) in [6.07, 6.45) is 2.43. The van der Waals surface area contributed by atoms with E-state index in [0.29, 0.717) is 12.2 Å². The molecule has 2 aromatic rings. The average molecular weight is 299 g/mol. The third-order valence-corrected chi connectivity index (χ3v) is 3.25. The minimum atomic E-state index is -0.410. The van der Waals surface area contributed by atoms with Gasteiger partial charge in [0.25, 0.3) is 5.69 Å². The summed E-state index contributed by atoms with van der Waals surface area (Å²) in [5, 5.41) is 10.5. The van der Waals surface area contributed by atoms with E-state index < -0.39 is 4.92 Å². The second-order valence-electron chi connectivity index (χ2n) is 4.88. The molecule has 0 aromatic heterocycles. The van der Waals surface area contributed by atoms with Gasteiger partial charge in [-0.1, -0.05) is 30.3 Å². The lowest BCUT2D eigenvalue weighted by atomic mass is 10.1. The third-order valence-electron chi connectivity index (χ3n) is 3.25. The first-order valence-electron chi connectivity index (χ1n) is 7.12. The first kappa shape index (κ1) is 15.7. The maximum atomic E-state index is 11.7. The Morgan fingerprint density at radius 3 is 2.32 bits per heavy atom. The predicted molar refractivity (Wildman–Crippen MR) is 82.8 cm³/mol. The third kappa shape index (κ3) is 4.70. The molecular weight excluding hydrogens is 282 g/mol. The van der Waals surface area contributed by atoms with E-state index in [9.17, 15) is 14.9 Å². The smallest absolute Gasteiger partial charge is 0.338 e. The summed E-state index contributed by atoms with van der Waals surface area (Å²) in [4.78, 5) is 21.8. The highest BCUT2D eigenvalue weighted by atomic mass is 16.6. The van der Waals surface area contributed by atoms with Crippen LogP contribution in [0.4, 0.5) is 5.69 Å². The zero-order valence-electron chi connectivity index (χ0n) is 12.1. The van der Waals surface area contributed by atoms with E-state index in [1.807, 2.05) is 6.07 Å². The quantitative estimate of drug-likeness (QED) is 0.338. The van der Waals surface area contributed by atoms with Crippen molar-refractivity contribution in [2.75, 3.05) is 6.61 Å². The molecule has 0 aliphatic heterocycles. The summed E-state index contributed by atoms with van der Waals surface area (Å²) in [7, 11) is 0. The van der Waals surface area contributed by atoms with Gasteiger partial charge >= 0.3 is 5.97 Å². The van der Waals surface area contributed by atoms with Gasteiger partial charge in [0.1, 0.15) is 0 Å². The van der Waals surface area contributed by atoms with Gasteiger partial charge in [0.15, 0.2) is 0 Å². The van der Waals surface area contributed by atoms with Crippen LogP contribution in [-0.4, -0.2) is 17.5 Å². The summed E-state index contributed by atoms with van der Waals surface area (Å²) in [5.74, 6) is -0.309. The number of nitrogens with zero attached hydrogens (tertiary/aromatic N) is 1. The minimum Gasteiger partial charge on any atom is -0.462 e. The van der Waals surface area contributed by atoms with Crippen LogP contribution in [0.1, 0.15) is 28.8 Å². The van der Waals surface area contributed by atoms with E-state index in [1.54, 1.807) is 36.4 Å². The summed E-state index contributed by atoms with van der Waals surface area (Å²) >= 11 is 0. The van der Waals surface area contributed by atoms with Gasteiger partial charge in [-0.05, 0) is 37.0 Å². The maximum Gasteiger partial charge on any atom is 0.338 e. The van der Waals surface area contributed by atoms with E-state index in [-0.39, 0.29) is 11.7 Å². The number of unbranched alkanes of at least 4 members (excludes halogenated alkanes) is 1. The maximum absolute atomic E-state index is 11.7. The standard InChI is InChI=1S/C17H17NO4/c19-17(15-7-2-1-3-8-15)22-13-5-4-6-14-9-11-16(12-10-14)18(20)21/h1-3,7-12H,4-6,13H2. The second kappa shape index (κ2) is 7.93. The molecule has 0 saturated heterocycles. The topological polar surface area (TPSA) is 69.4 Å². The Labute approximate surface area is 128 Å². The van der Waals surface area contributed by atoms with Crippen molar-refractivity contribution in [2.45, 2.75) is 19.3 Å². The van der Waals surface area contributed by atoms with Crippen LogP contribution in [0, 0.1) is 10.1 Å². The van der Waals surface area contributed by atoms with Gasteiger partial charge in [-0.3, -0.25) is 10.1 Å². The predicted octanol–water partition coefficient (Wildman–Crippen LogP) is 3.77. The Morgan fingerprint density at radius 2 is 1.68 bits per heavy atom. The Bertz CT molecular complexity index is 623. The normalized spacial score (nSPS) is 10.2. The number of non-ortho nitro benzene ring substituents is 1. The molecule has 0 N–H and O–H groups in total. The molecule has 0 bridgehead atoms. The van der Waals surface area contributed by atoms with E-state index in [1.165, 1.54) is 12.1 Å². The highest BCUT2D eigenvalue weighted by Crippen LogP contribution is 2.13. The van der Waals surface area contributed by atoms with Crippen molar-refractivity contribution in [2.24, 2.45) is 0 Å². The monoisotopic (exact) mass is 299 g/mol. The molecule has 5 heteroatoms. The highest BCUT2D eigenvalue weighted by molar-refractivity contribution is 5.89. The number of esters is 1. The largest absolute Gasteiger partial charge is 0.462 e. The Kier molecular flexibility index (Phi) is 5.65. The number of aryl methyl sites for hydroxylation is 1. The fraction of sp³-hybridized carbons (Fsp3) is 0.235. The van der Waals surface area contributed by atoms with Gasteiger partial charge in [-0.25, -0.2) is 4.79 Å². The first-order chi connectivity index (χ1) is 10.7. The molecule has 0 amide bonds. The summed E-state index contributed by atoms with van der Waals surface area (Å²) in [6.45, 7) is 0.376. The molecule has 0 heterocycles. The number of rotatable bonds is 7. The molecule has 22 heavy (non-hydrogen) atoms. The van der Waals surface area contributed by atoms with Gasteiger partial charge in [0, 0.05) is 12.1 Å². The van der Waals surface area contributed by atoms with Crippen LogP contribution >= 0.6 is 0 Å². The van der Waals surface area contributed by atoms with E-state index in [2.05, 4.69) is 0 Å². The first-order valence-corrected chi connectivity index (χ1v) is 7.12. The van der Waals surface area contributed by atoms with Crippen LogP contribution in [0.3, 0.4) is 0 Å². The van der Waals surface area contributed by atoms with Crippen molar-refractivity contribution in [3.05, 3.63) is 75.8 Å². The average Bonchev–Trinajstić information content (AvgIpc) is 2.55. The van der Waals surface area contributed by atoms with E-state index in [4.69, 9.17) is 4.74 Å². The molecule has 0 aliphatic carbocycles. The van der Waals surface area contributed by atoms with Gasteiger partial charge in [-0.2, -0.15) is 0 Å². The zero-order valence-corrected chi connectivity index (χ0v) is 12.1. The molecule has 114 valence electrons. The molecule has 2 rings (SSSR count). The highest BCUT2D eigenvalue weighted by Gasteiger charge is 2.06. The summed E-state index contributed by atoms with van der Waals surface area (Å²) in [5.41, 5.74) is 1.69. The molecule has 2 aromatic carbocycles. The fourth-order valence-corrected chi connectivity index (χ4v) is 2.04. The number of benzene rings is 2. The molecular formula is C17H17NO4. The Hall–Kier alpha value is -2.69. The van der Waals surface area contributed by atoms with Gasteiger partial charge in [0.05, 0.1) is 17.1 Å². The van der Waals surface area contributed by atoms with Crippen LogP contribution < -0.4 is 0 Å². The molecule has 5 nitrogen and oxygen atoms in total. The van der Waals surface area contributed by atoms with E-state index >= 15 is 0 Å². The lowest BCUT2D eigenvalue weighted by Gasteiger charge is -2.05. The van der Waals surface area contributed by atoms with Crippen LogP contribution in [-0.2, 0) is 11.2 Å². The number of nitro benzene ring substituents is 1. The van der Waals surface area contributed by atoms with Gasteiger partial charge in [0.2, 0.25) is 0 Å². The number of carbonyl (C=O) groups excluding carboxylic acids is 1. The molecule has 0 unspecified atom stereocenters. The number of carbonyl (C=O) groups is 1. The van der Waals surface area contributed by atoms with Crippen LogP contribution in [0.15, 0.2) is 54.6 Å². The van der Waals surface area contributed by atoms with Crippen LogP contribution in [0.2, 0.25) is 0 Å². The number of ether oxygens (including phenoxy) is 1. The van der Waals surface area contributed by atoms with Crippen LogP contribution in [0.25, 0.3) is 0 Å². The number of hydrogen-bond donors (Lipinski definition) is 0. The molecule has 0 aliphatic rings. The van der Waals surface area contributed by atoms with Crippen molar-refractivity contribution in [1.82, 2.24) is 0 Å². The van der Waals surface area contributed by atoms with Crippen molar-refractivity contribution in [1.29, 1.82) is 0 Å². The molecule has 0 spiro atoms. The summed E-state index contributed by atoms with van der Waals surface area (Å²) < 4.78 is 5.19. The lowest BCUT2D eigenvalue weighted by Crippen LogP contribution is -2.06. The lowest BCUT2D eigenvalue weighted by molar-refractivity contribution is -0.384.